The number of hydrogen-bond acceptors (Lipinski definition) is 3. The van der Waals surface area contributed by atoms with Crippen molar-refractivity contribution < 1.29 is 5.11 Å². The normalized spacial score (nSPS) is 11.0. The molecule has 1 rings (SSSR count). The first-order valence-corrected chi connectivity index (χ1v) is 6.47. The Morgan fingerprint density at radius 1 is 1.12 bits per heavy atom. The van der Waals surface area contributed by atoms with Crippen molar-refractivity contribution in [1.82, 2.24) is 4.90 Å². The van der Waals surface area contributed by atoms with Gasteiger partial charge in [-0.25, -0.2) is 0 Å². The summed E-state index contributed by atoms with van der Waals surface area (Å²) in [7, 11) is 0. The maximum atomic E-state index is 9.53. The second kappa shape index (κ2) is 7.17. The molecule has 96 valence electrons. The molecule has 0 aliphatic heterocycles. The molecular formula is C14H24N2O. The zero-order valence-corrected chi connectivity index (χ0v) is 10.9. The Balaban J connectivity index is 2.49. The maximum absolute atomic E-state index is 9.53. The highest BCUT2D eigenvalue weighted by atomic mass is 16.3. The SMILES string of the molecule is CCCN(CCC)CCc1ccc(N)c(O)c1. The van der Waals surface area contributed by atoms with E-state index < -0.39 is 0 Å². The third kappa shape index (κ3) is 4.65. The molecule has 0 saturated heterocycles. The van der Waals surface area contributed by atoms with Crippen molar-refractivity contribution in [2.24, 2.45) is 0 Å². The zero-order valence-electron chi connectivity index (χ0n) is 10.9. The molecule has 0 radical (unpaired) electrons. The van der Waals surface area contributed by atoms with Gasteiger partial charge >= 0.3 is 0 Å². The molecule has 1 aromatic rings. The molecule has 3 heteroatoms. The molecule has 0 fully saturated rings. The quantitative estimate of drug-likeness (QED) is 0.565. The average molecular weight is 236 g/mol. The first kappa shape index (κ1) is 13.8. The highest BCUT2D eigenvalue weighted by molar-refractivity contribution is 5.52. The maximum Gasteiger partial charge on any atom is 0.138 e. The molecule has 3 nitrogen and oxygen atoms in total. The van der Waals surface area contributed by atoms with Crippen molar-refractivity contribution in [3.8, 4) is 5.75 Å². The van der Waals surface area contributed by atoms with Gasteiger partial charge in [0.15, 0.2) is 0 Å². The monoisotopic (exact) mass is 236 g/mol. The molecule has 3 N–H and O–H groups in total. The van der Waals surface area contributed by atoms with Crippen LogP contribution in [0.5, 0.6) is 5.75 Å². The summed E-state index contributed by atoms with van der Waals surface area (Å²) in [5, 5.41) is 9.53. The second-order valence-electron chi connectivity index (χ2n) is 4.48. The van der Waals surface area contributed by atoms with Crippen LogP contribution in [0, 0.1) is 0 Å². The molecule has 0 heterocycles. The standard InChI is InChI=1S/C14H24N2O/c1-3-8-16(9-4-2)10-7-12-5-6-13(15)14(17)11-12/h5-6,11,17H,3-4,7-10,15H2,1-2H3. The summed E-state index contributed by atoms with van der Waals surface area (Å²) in [6.45, 7) is 7.75. The molecule has 0 saturated carbocycles. The Kier molecular flexibility index (Phi) is 5.84. The fourth-order valence-electron chi connectivity index (χ4n) is 2.00. The summed E-state index contributed by atoms with van der Waals surface area (Å²) in [6, 6.07) is 5.53. The topological polar surface area (TPSA) is 49.5 Å². The Bertz CT molecular complexity index is 333. The average Bonchev–Trinajstić information content (AvgIpc) is 2.31. The number of phenolic OH excluding ortho intramolecular Hbond substituents is 1. The van der Waals surface area contributed by atoms with Gasteiger partial charge < -0.3 is 15.7 Å². The second-order valence-corrected chi connectivity index (χ2v) is 4.48. The molecule has 0 aliphatic carbocycles. The van der Waals surface area contributed by atoms with Crippen molar-refractivity contribution in [2.75, 3.05) is 25.4 Å². The third-order valence-electron chi connectivity index (χ3n) is 2.89. The largest absolute Gasteiger partial charge is 0.506 e. The fourth-order valence-corrected chi connectivity index (χ4v) is 2.00. The van der Waals surface area contributed by atoms with E-state index in [4.69, 9.17) is 5.73 Å². The predicted molar refractivity (Wildman–Crippen MR) is 73.2 cm³/mol. The highest BCUT2D eigenvalue weighted by Gasteiger charge is 2.04. The molecule has 0 aromatic heterocycles. The van der Waals surface area contributed by atoms with E-state index in [9.17, 15) is 5.11 Å². The van der Waals surface area contributed by atoms with Crippen LogP contribution in [0.25, 0.3) is 0 Å². The van der Waals surface area contributed by atoms with Crippen molar-refractivity contribution >= 4 is 5.69 Å². The van der Waals surface area contributed by atoms with Gasteiger partial charge in [0.2, 0.25) is 0 Å². The van der Waals surface area contributed by atoms with E-state index in [0.29, 0.717) is 5.69 Å². The Morgan fingerprint density at radius 2 is 1.76 bits per heavy atom. The van der Waals surface area contributed by atoms with E-state index in [0.717, 1.165) is 31.6 Å². The van der Waals surface area contributed by atoms with Crippen LogP contribution in [0.1, 0.15) is 32.3 Å². The fraction of sp³-hybridized carbons (Fsp3) is 0.571. The number of nitrogen functional groups attached to an aromatic ring is 1. The number of benzene rings is 1. The molecule has 0 spiro atoms. The number of anilines is 1. The lowest BCUT2D eigenvalue weighted by Gasteiger charge is -2.20. The minimum absolute atomic E-state index is 0.194. The summed E-state index contributed by atoms with van der Waals surface area (Å²) >= 11 is 0. The van der Waals surface area contributed by atoms with Gasteiger partial charge in [0.05, 0.1) is 5.69 Å². The highest BCUT2D eigenvalue weighted by Crippen LogP contribution is 2.20. The van der Waals surface area contributed by atoms with Gasteiger partial charge in [-0.05, 0) is 50.0 Å². The molecular weight excluding hydrogens is 212 g/mol. The van der Waals surface area contributed by atoms with Gasteiger partial charge in [-0.2, -0.15) is 0 Å². The molecule has 0 unspecified atom stereocenters. The number of nitrogens with zero attached hydrogens (tertiary/aromatic N) is 1. The number of hydrogen-bond donors (Lipinski definition) is 2. The molecule has 0 amide bonds. The van der Waals surface area contributed by atoms with Crippen molar-refractivity contribution in [1.29, 1.82) is 0 Å². The number of rotatable bonds is 7. The van der Waals surface area contributed by atoms with Gasteiger partial charge in [0.25, 0.3) is 0 Å². The van der Waals surface area contributed by atoms with E-state index >= 15 is 0 Å². The Morgan fingerprint density at radius 3 is 2.29 bits per heavy atom. The van der Waals surface area contributed by atoms with Crippen LogP contribution in [-0.4, -0.2) is 29.6 Å². The van der Waals surface area contributed by atoms with Crippen LogP contribution in [-0.2, 0) is 6.42 Å². The van der Waals surface area contributed by atoms with Crippen LogP contribution in [0.15, 0.2) is 18.2 Å². The molecule has 0 bridgehead atoms. The molecule has 17 heavy (non-hydrogen) atoms. The lowest BCUT2D eigenvalue weighted by atomic mass is 10.1. The van der Waals surface area contributed by atoms with Crippen molar-refractivity contribution in [3.63, 3.8) is 0 Å². The summed E-state index contributed by atoms with van der Waals surface area (Å²) < 4.78 is 0. The third-order valence-corrected chi connectivity index (χ3v) is 2.89. The molecule has 0 aliphatic rings. The smallest absolute Gasteiger partial charge is 0.138 e. The predicted octanol–water partition coefficient (Wildman–Crippen LogP) is 2.64. The number of aromatic hydroxyl groups is 1. The molecule has 0 atom stereocenters. The van der Waals surface area contributed by atoms with Crippen molar-refractivity contribution in [2.45, 2.75) is 33.1 Å². The first-order valence-electron chi connectivity index (χ1n) is 6.47. The number of phenols is 1. The number of nitrogens with two attached hydrogens (primary N) is 1. The summed E-state index contributed by atoms with van der Waals surface area (Å²) in [4.78, 5) is 2.47. The Hall–Kier alpha value is -1.22. The summed E-state index contributed by atoms with van der Waals surface area (Å²) in [6.07, 6.45) is 3.34. The van der Waals surface area contributed by atoms with Gasteiger partial charge in [-0.15, -0.1) is 0 Å². The van der Waals surface area contributed by atoms with Crippen LogP contribution in [0.3, 0.4) is 0 Å². The first-order chi connectivity index (χ1) is 8.17. The van der Waals surface area contributed by atoms with Gasteiger partial charge in [0.1, 0.15) is 5.75 Å². The minimum atomic E-state index is 0.194. The van der Waals surface area contributed by atoms with E-state index in [1.807, 2.05) is 6.07 Å². The lowest BCUT2D eigenvalue weighted by molar-refractivity contribution is 0.278. The minimum Gasteiger partial charge on any atom is -0.506 e. The van der Waals surface area contributed by atoms with Crippen LogP contribution >= 0.6 is 0 Å². The van der Waals surface area contributed by atoms with Gasteiger partial charge in [-0.3, -0.25) is 0 Å². The van der Waals surface area contributed by atoms with Gasteiger partial charge in [0, 0.05) is 6.54 Å². The Labute approximate surface area is 104 Å². The van der Waals surface area contributed by atoms with Crippen LogP contribution in [0.4, 0.5) is 5.69 Å². The summed E-state index contributed by atoms with van der Waals surface area (Å²) in [5.41, 5.74) is 7.18. The van der Waals surface area contributed by atoms with Crippen LogP contribution < -0.4 is 5.73 Å². The van der Waals surface area contributed by atoms with E-state index in [1.54, 1.807) is 12.1 Å². The van der Waals surface area contributed by atoms with E-state index in [1.165, 1.54) is 12.8 Å². The van der Waals surface area contributed by atoms with Crippen molar-refractivity contribution in [3.05, 3.63) is 23.8 Å². The van der Waals surface area contributed by atoms with Crippen LogP contribution in [0.2, 0.25) is 0 Å². The molecule has 1 aromatic carbocycles. The van der Waals surface area contributed by atoms with E-state index in [-0.39, 0.29) is 5.75 Å². The van der Waals surface area contributed by atoms with Gasteiger partial charge in [-0.1, -0.05) is 19.9 Å². The zero-order chi connectivity index (χ0) is 12.7. The lowest BCUT2D eigenvalue weighted by Crippen LogP contribution is -2.27. The summed E-state index contributed by atoms with van der Waals surface area (Å²) in [5.74, 6) is 0.194. The van der Waals surface area contributed by atoms with E-state index in [2.05, 4.69) is 18.7 Å².